The van der Waals surface area contributed by atoms with Crippen molar-refractivity contribution in [3.05, 3.63) is 24.2 Å². The number of piperidine rings is 1. The summed E-state index contributed by atoms with van der Waals surface area (Å²) < 4.78 is 5.59. The predicted octanol–water partition coefficient (Wildman–Crippen LogP) is 2.58. The lowest BCUT2D eigenvalue weighted by Gasteiger charge is -2.35. The number of hydrogen-bond donors (Lipinski definition) is 1. The molecule has 1 amide bonds. The summed E-state index contributed by atoms with van der Waals surface area (Å²) in [6.07, 6.45) is 6.29. The molecule has 1 saturated carbocycles. The average Bonchev–Trinajstić information content (AvgIpc) is 3.18. The molecule has 1 N–H and O–H groups in total. The molecule has 4 heteroatoms. The predicted molar refractivity (Wildman–Crippen MR) is 77.2 cm³/mol. The molecule has 3 rings (SSSR count). The quantitative estimate of drug-likeness (QED) is 0.899. The maximum atomic E-state index is 11.9. The van der Waals surface area contributed by atoms with E-state index in [-0.39, 0.29) is 17.9 Å². The number of nitrogens with zero attached hydrogens (tertiary/aromatic N) is 1. The van der Waals surface area contributed by atoms with Gasteiger partial charge in [-0.2, -0.15) is 0 Å². The van der Waals surface area contributed by atoms with Gasteiger partial charge >= 0.3 is 0 Å². The number of nitrogens with one attached hydrogen (secondary N) is 1. The summed E-state index contributed by atoms with van der Waals surface area (Å²) in [6, 6.07) is 4.13. The SMILES string of the molecule is CC1CCN(C(CNC(=O)C2CC2)c2ccco2)CC1. The summed E-state index contributed by atoms with van der Waals surface area (Å²) in [7, 11) is 0. The van der Waals surface area contributed by atoms with Crippen LogP contribution >= 0.6 is 0 Å². The Hall–Kier alpha value is -1.29. The lowest BCUT2D eigenvalue weighted by atomic mass is 9.97. The van der Waals surface area contributed by atoms with Crippen molar-refractivity contribution in [2.45, 2.75) is 38.6 Å². The van der Waals surface area contributed by atoms with Gasteiger partial charge in [0, 0.05) is 12.5 Å². The molecular weight excluding hydrogens is 252 g/mol. The first-order valence-corrected chi connectivity index (χ1v) is 7.79. The zero-order chi connectivity index (χ0) is 13.9. The van der Waals surface area contributed by atoms with E-state index in [1.807, 2.05) is 12.1 Å². The maximum absolute atomic E-state index is 11.9. The van der Waals surface area contributed by atoms with Crippen molar-refractivity contribution in [1.29, 1.82) is 0 Å². The van der Waals surface area contributed by atoms with Crippen LogP contribution in [-0.2, 0) is 4.79 Å². The Balaban J connectivity index is 1.62. The molecule has 1 atom stereocenters. The van der Waals surface area contributed by atoms with Gasteiger partial charge in [-0.3, -0.25) is 9.69 Å². The van der Waals surface area contributed by atoms with Gasteiger partial charge in [0.15, 0.2) is 0 Å². The Morgan fingerprint density at radius 2 is 2.15 bits per heavy atom. The van der Waals surface area contributed by atoms with E-state index < -0.39 is 0 Å². The second-order valence-corrected chi connectivity index (χ2v) is 6.27. The summed E-state index contributed by atoms with van der Waals surface area (Å²) in [6.45, 7) is 5.16. The fourth-order valence-corrected chi connectivity index (χ4v) is 2.92. The van der Waals surface area contributed by atoms with Gasteiger partial charge in [-0.05, 0) is 56.8 Å². The normalized spacial score (nSPS) is 22.6. The van der Waals surface area contributed by atoms with Crippen LogP contribution in [0.25, 0.3) is 0 Å². The van der Waals surface area contributed by atoms with Crippen LogP contribution in [0.1, 0.15) is 44.4 Å². The lowest BCUT2D eigenvalue weighted by molar-refractivity contribution is -0.122. The minimum Gasteiger partial charge on any atom is -0.468 e. The fourth-order valence-electron chi connectivity index (χ4n) is 2.92. The van der Waals surface area contributed by atoms with Crippen molar-refractivity contribution in [3.8, 4) is 0 Å². The Labute approximate surface area is 120 Å². The van der Waals surface area contributed by atoms with Crippen LogP contribution in [0.5, 0.6) is 0 Å². The van der Waals surface area contributed by atoms with Gasteiger partial charge in [-0.1, -0.05) is 6.92 Å². The Morgan fingerprint density at radius 3 is 2.75 bits per heavy atom. The highest BCUT2D eigenvalue weighted by Gasteiger charge is 2.31. The van der Waals surface area contributed by atoms with Gasteiger partial charge in [0.05, 0.1) is 12.3 Å². The monoisotopic (exact) mass is 276 g/mol. The number of hydrogen-bond acceptors (Lipinski definition) is 3. The molecule has 0 aromatic carbocycles. The molecule has 1 saturated heterocycles. The molecule has 2 aliphatic rings. The third kappa shape index (κ3) is 3.23. The molecule has 0 bridgehead atoms. The molecule has 110 valence electrons. The summed E-state index contributed by atoms with van der Waals surface area (Å²) in [4.78, 5) is 14.3. The van der Waals surface area contributed by atoms with E-state index in [9.17, 15) is 4.79 Å². The zero-order valence-electron chi connectivity index (χ0n) is 12.2. The van der Waals surface area contributed by atoms with Crippen LogP contribution < -0.4 is 5.32 Å². The van der Waals surface area contributed by atoms with Crippen LogP contribution in [-0.4, -0.2) is 30.4 Å². The summed E-state index contributed by atoms with van der Waals surface area (Å²) >= 11 is 0. The zero-order valence-corrected chi connectivity index (χ0v) is 12.2. The van der Waals surface area contributed by atoms with Crippen molar-refractivity contribution in [2.24, 2.45) is 11.8 Å². The fraction of sp³-hybridized carbons (Fsp3) is 0.688. The molecular formula is C16H24N2O2. The molecule has 2 fully saturated rings. The van der Waals surface area contributed by atoms with Gasteiger partial charge in [-0.25, -0.2) is 0 Å². The van der Waals surface area contributed by atoms with Crippen LogP contribution in [0.2, 0.25) is 0 Å². The third-order valence-corrected chi connectivity index (χ3v) is 4.55. The van der Waals surface area contributed by atoms with Gasteiger partial charge < -0.3 is 9.73 Å². The van der Waals surface area contributed by atoms with E-state index >= 15 is 0 Å². The van der Waals surface area contributed by atoms with Crippen LogP contribution in [0.3, 0.4) is 0 Å². The van der Waals surface area contributed by atoms with E-state index in [1.54, 1.807) is 6.26 Å². The van der Waals surface area contributed by atoms with E-state index in [2.05, 4.69) is 17.1 Å². The first-order valence-electron chi connectivity index (χ1n) is 7.79. The minimum absolute atomic E-state index is 0.181. The molecule has 0 radical (unpaired) electrons. The van der Waals surface area contributed by atoms with Gasteiger partial charge in [0.1, 0.15) is 5.76 Å². The molecule has 4 nitrogen and oxygen atoms in total. The lowest BCUT2D eigenvalue weighted by Crippen LogP contribution is -2.42. The number of carbonyl (C=O) groups is 1. The molecule has 1 aromatic rings. The largest absolute Gasteiger partial charge is 0.468 e. The second kappa shape index (κ2) is 6.00. The molecule has 2 heterocycles. The van der Waals surface area contributed by atoms with Gasteiger partial charge in [0.25, 0.3) is 0 Å². The van der Waals surface area contributed by atoms with Crippen molar-refractivity contribution in [3.63, 3.8) is 0 Å². The Kier molecular flexibility index (Phi) is 4.10. The first kappa shape index (κ1) is 13.7. The van der Waals surface area contributed by atoms with Crippen LogP contribution in [0.15, 0.2) is 22.8 Å². The molecule has 1 aliphatic carbocycles. The van der Waals surface area contributed by atoms with Crippen molar-refractivity contribution in [1.82, 2.24) is 10.2 Å². The minimum atomic E-state index is 0.181. The van der Waals surface area contributed by atoms with Crippen LogP contribution in [0.4, 0.5) is 0 Å². The molecule has 1 aliphatic heterocycles. The molecule has 1 unspecified atom stereocenters. The number of likely N-dealkylation sites (tertiary alicyclic amines) is 1. The standard InChI is InChI=1S/C16H24N2O2/c1-12-6-8-18(9-7-12)14(15-3-2-10-20-15)11-17-16(19)13-4-5-13/h2-3,10,12-14H,4-9,11H2,1H3,(H,17,19). The van der Waals surface area contributed by atoms with Crippen LogP contribution in [0, 0.1) is 11.8 Å². The summed E-state index contributed by atoms with van der Waals surface area (Å²) in [5.74, 6) is 2.26. The number of furan rings is 1. The molecule has 1 aromatic heterocycles. The van der Waals surface area contributed by atoms with E-state index in [0.29, 0.717) is 6.54 Å². The first-order chi connectivity index (χ1) is 9.74. The van der Waals surface area contributed by atoms with Gasteiger partial charge in [0.2, 0.25) is 5.91 Å². The Morgan fingerprint density at radius 1 is 1.40 bits per heavy atom. The van der Waals surface area contributed by atoms with E-state index in [4.69, 9.17) is 4.42 Å². The average molecular weight is 276 g/mol. The highest BCUT2D eigenvalue weighted by Crippen LogP contribution is 2.30. The second-order valence-electron chi connectivity index (χ2n) is 6.27. The number of amides is 1. The Bertz CT molecular complexity index is 431. The number of carbonyl (C=O) groups excluding carboxylic acids is 1. The smallest absolute Gasteiger partial charge is 0.223 e. The van der Waals surface area contributed by atoms with E-state index in [1.165, 1.54) is 12.8 Å². The maximum Gasteiger partial charge on any atom is 0.223 e. The van der Waals surface area contributed by atoms with Gasteiger partial charge in [-0.15, -0.1) is 0 Å². The topological polar surface area (TPSA) is 45.5 Å². The van der Waals surface area contributed by atoms with E-state index in [0.717, 1.165) is 37.6 Å². The summed E-state index contributed by atoms with van der Waals surface area (Å²) in [5.41, 5.74) is 0. The highest BCUT2D eigenvalue weighted by atomic mass is 16.3. The highest BCUT2D eigenvalue weighted by molar-refractivity contribution is 5.80. The third-order valence-electron chi connectivity index (χ3n) is 4.55. The van der Waals surface area contributed by atoms with Crippen molar-refractivity contribution < 1.29 is 9.21 Å². The summed E-state index contributed by atoms with van der Waals surface area (Å²) in [5, 5.41) is 3.10. The van der Waals surface area contributed by atoms with Crippen molar-refractivity contribution in [2.75, 3.05) is 19.6 Å². The molecule has 0 spiro atoms. The van der Waals surface area contributed by atoms with Crippen molar-refractivity contribution >= 4 is 5.91 Å². The number of rotatable bonds is 5. The molecule has 20 heavy (non-hydrogen) atoms.